The van der Waals surface area contributed by atoms with Gasteiger partial charge in [-0.2, -0.15) is 0 Å². The minimum Gasteiger partial charge on any atom is -0.463 e. The topological polar surface area (TPSA) is 81.0 Å². The van der Waals surface area contributed by atoms with Crippen LogP contribution >= 0.6 is 11.3 Å². The molecule has 0 aliphatic carbocycles. The van der Waals surface area contributed by atoms with E-state index in [1.54, 1.807) is 18.7 Å². The van der Waals surface area contributed by atoms with Gasteiger partial charge < -0.3 is 9.64 Å². The number of para-hydroxylation sites is 1. The largest absolute Gasteiger partial charge is 0.463 e. The van der Waals surface area contributed by atoms with E-state index < -0.39 is 12.0 Å². The van der Waals surface area contributed by atoms with Crippen molar-refractivity contribution in [3.8, 4) is 0 Å². The van der Waals surface area contributed by atoms with Crippen LogP contribution in [0.3, 0.4) is 0 Å². The first-order valence-corrected chi connectivity index (χ1v) is 12.4. The Morgan fingerprint density at radius 3 is 2.46 bits per heavy atom. The number of ether oxygens (including phenoxy) is 1. The highest BCUT2D eigenvalue weighted by Crippen LogP contribution is 2.35. The molecule has 0 fully saturated rings. The summed E-state index contributed by atoms with van der Waals surface area (Å²) in [5.41, 5.74) is 4.23. The van der Waals surface area contributed by atoms with E-state index >= 15 is 0 Å². The molecule has 5 rings (SSSR count). The van der Waals surface area contributed by atoms with E-state index in [4.69, 9.17) is 4.74 Å². The lowest BCUT2D eigenvalue weighted by molar-refractivity contribution is -0.139. The van der Waals surface area contributed by atoms with E-state index in [9.17, 15) is 14.4 Å². The molecule has 35 heavy (non-hydrogen) atoms. The number of hydrogen-bond acceptors (Lipinski definition) is 6. The Morgan fingerprint density at radius 1 is 1.06 bits per heavy atom. The SMILES string of the molecule is CCOC(=O)C1=C(C)N=c2s/c(=C3/C(=O)N(CC)c4ccccc43)c(=O)n2[C@@H]1c1ccc(C)cc1. The molecule has 2 aliphatic heterocycles. The van der Waals surface area contributed by atoms with Gasteiger partial charge in [0.2, 0.25) is 0 Å². The fourth-order valence-electron chi connectivity index (χ4n) is 4.72. The lowest BCUT2D eigenvalue weighted by Gasteiger charge is -2.24. The van der Waals surface area contributed by atoms with E-state index in [1.165, 1.54) is 15.9 Å². The number of nitrogens with zero attached hydrogens (tertiary/aromatic N) is 3. The zero-order chi connectivity index (χ0) is 24.9. The number of fused-ring (bicyclic) bond motifs is 2. The molecule has 0 unspecified atom stereocenters. The van der Waals surface area contributed by atoms with E-state index in [2.05, 4.69) is 4.99 Å². The number of allylic oxidation sites excluding steroid dienone is 1. The van der Waals surface area contributed by atoms with Gasteiger partial charge in [-0.25, -0.2) is 9.79 Å². The highest BCUT2D eigenvalue weighted by molar-refractivity contribution is 7.07. The number of aryl methyl sites for hydroxylation is 1. The van der Waals surface area contributed by atoms with Crippen LogP contribution in [-0.4, -0.2) is 29.6 Å². The zero-order valence-electron chi connectivity index (χ0n) is 20.0. The highest BCUT2D eigenvalue weighted by Gasteiger charge is 2.36. The van der Waals surface area contributed by atoms with Crippen molar-refractivity contribution in [3.63, 3.8) is 0 Å². The molecule has 3 heterocycles. The van der Waals surface area contributed by atoms with E-state index in [1.807, 2.05) is 62.4 Å². The van der Waals surface area contributed by atoms with Crippen molar-refractivity contribution in [1.82, 2.24) is 4.57 Å². The molecule has 0 N–H and O–H groups in total. The molecule has 2 aromatic carbocycles. The van der Waals surface area contributed by atoms with Gasteiger partial charge in [0.15, 0.2) is 4.80 Å². The van der Waals surface area contributed by atoms with Crippen molar-refractivity contribution in [2.24, 2.45) is 4.99 Å². The quantitative estimate of drug-likeness (QED) is 0.530. The van der Waals surface area contributed by atoms with Crippen molar-refractivity contribution < 1.29 is 14.3 Å². The minimum absolute atomic E-state index is 0.202. The molecule has 0 spiro atoms. The van der Waals surface area contributed by atoms with E-state index in [0.717, 1.165) is 22.4 Å². The number of hydrogen-bond donors (Lipinski definition) is 0. The average Bonchev–Trinajstić information content (AvgIpc) is 3.31. The van der Waals surface area contributed by atoms with Gasteiger partial charge in [-0.1, -0.05) is 59.4 Å². The van der Waals surface area contributed by atoms with Crippen LogP contribution in [0.25, 0.3) is 5.57 Å². The number of aromatic nitrogens is 1. The summed E-state index contributed by atoms with van der Waals surface area (Å²) in [5.74, 6) is -0.705. The molecule has 0 saturated carbocycles. The molecule has 3 aromatic rings. The number of likely N-dealkylation sites (N-methyl/N-ethyl adjacent to an activating group) is 1. The summed E-state index contributed by atoms with van der Waals surface area (Å²) in [6.07, 6.45) is 0. The summed E-state index contributed by atoms with van der Waals surface area (Å²) < 4.78 is 7.20. The van der Waals surface area contributed by atoms with Crippen LogP contribution in [0, 0.1) is 6.92 Å². The fraction of sp³-hybridized carbons (Fsp3) is 0.259. The summed E-state index contributed by atoms with van der Waals surface area (Å²) in [6, 6.07) is 14.5. The van der Waals surface area contributed by atoms with Gasteiger partial charge in [0.25, 0.3) is 11.5 Å². The zero-order valence-corrected chi connectivity index (χ0v) is 20.8. The summed E-state index contributed by atoms with van der Waals surface area (Å²) in [5, 5.41) is 0. The third-order valence-corrected chi connectivity index (χ3v) is 7.41. The number of rotatable bonds is 4. The first-order chi connectivity index (χ1) is 16.9. The molecule has 0 radical (unpaired) electrons. The first kappa shape index (κ1) is 23.0. The third-order valence-electron chi connectivity index (χ3n) is 6.35. The summed E-state index contributed by atoms with van der Waals surface area (Å²) in [6.45, 7) is 8.09. The Labute approximate surface area is 206 Å². The molecule has 0 saturated heterocycles. The van der Waals surface area contributed by atoms with Crippen LogP contribution in [0.4, 0.5) is 5.69 Å². The lowest BCUT2D eigenvalue weighted by Crippen LogP contribution is -2.41. The maximum Gasteiger partial charge on any atom is 0.338 e. The van der Waals surface area contributed by atoms with Gasteiger partial charge in [0.1, 0.15) is 4.53 Å². The molecule has 0 bridgehead atoms. The van der Waals surface area contributed by atoms with Crippen molar-refractivity contribution in [3.05, 3.63) is 96.2 Å². The van der Waals surface area contributed by atoms with Crippen molar-refractivity contribution in [1.29, 1.82) is 0 Å². The number of amides is 1. The molecule has 2 aliphatic rings. The van der Waals surface area contributed by atoms with Gasteiger partial charge >= 0.3 is 5.97 Å². The second-order valence-electron chi connectivity index (χ2n) is 8.48. The highest BCUT2D eigenvalue weighted by atomic mass is 32.1. The predicted molar refractivity (Wildman–Crippen MR) is 135 cm³/mol. The van der Waals surface area contributed by atoms with Crippen molar-refractivity contribution >= 4 is 34.5 Å². The molecule has 7 nitrogen and oxygen atoms in total. The van der Waals surface area contributed by atoms with E-state index in [0.29, 0.717) is 32.7 Å². The maximum atomic E-state index is 14.0. The Kier molecular flexibility index (Phi) is 5.76. The first-order valence-electron chi connectivity index (χ1n) is 11.6. The summed E-state index contributed by atoms with van der Waals surface area (Å²) in [7, 11) is 0. The second-order valence-corrected chi connectivity index (χ2v) is 9.45. The normalized spacial score (nSPS) is 18.3. The number of esters is 1. The van der Waals surface area contributed by atoms with Crippen molar-refractivity contribution in [2.75, 3.05) is 18.1 Å². The number of carbonyl (C=O) groups is 2. The standard InChI is InChI=1S/C27H25N3O4S/c1-5-29-19-10-8-7-9-18(19)21(24(29)31)23-25(32)30-22(17-13-11-15(3)12-14-17)20(26(33)34-6-2)16(4)28-27(30)35-23/h7-14,22H,5-6H2,1-4H3/b23-21+/t22-/m1/s1. The summed E-state index contributed by atoms with van der Waals surface area (Å²) >= 11 is 1.18. The van der Waals surface area contributed by atoms with Gasteiger partial charge in [-0.05, 0) is 39.3 Å². The van der Waals surface area contributed by atoms with Gasteiger partial charge in [0, 0.05) is 12.1 Å². The van der Waals surface area contributed by atoms with Crippen LogP contribution < -0.4 is 19.8 Å². The third kappa shape index (κ3) is 3.56. The number of carbonyl (C=O) groups excluding carboxylic acids is 2. The number of thiazole rings is 1. The van der Waals surface area contributed by atoms with Crippen molar-refractivity contribution in [2.45, 2.75) is 33.7 Å². The van der Waals surface area contributed by atoms with Crippen LogP contribution in [0.5, 0.6) is 0 Å². The van der Waals surface area contributed by atoms with Crippen LogP contribution in [0.15, 0.2) is 69.6 Å². The Morgan fingerprint density at radius 2 is 1.77 bits per heavy atom. The molecule has 178 valence electrons. The molecular formula is C27H25N3O4S. The fourth-order valence-corrected chi connectivity index (χ4v) is 5.86. The summed E-state index contributed by atoms with van der Waals surface area (Å²) in [4.78, 5) is 47.2. The van der Waals surface area contributed by atoms with Crippen LogP contribution in [0.1, 0.15) is 43.5 Å². The average molecular weight is 488 g/mol. The van der Waals surface area contributed by atoms with Crippen LogP contribution in [-0.2, 0) is 14.3 Å². The number of anilines is 1. The molecular weight excluding hydrogens is 462 g/mol. The molecule has 1 aromatic heterocycles. The van der Waals surface area contributed by atoms with E-state index in [-0.39, 0.29) is 18.1 Å². The number of benzene rings is 2. The van der Waals surface area contributed by atoms with Gasteiger partial charge in [-0.3, -0.25) is 14.2 Å². The Balaban J connectivity index is 1.83. The van der Waals surface area contributed by atoms with Gasteiger partial charge in [0.05, 0.1) is 35.2 Å². The second kappa shape index (κ2) is 8.78. The molecule has 8 heteroatoms. The monoisotopic (exact) mass is 487 g/mol. The maximum absolute atomic E-state index is 14.0. The molecule has 1 atom stereocenters. The van der Waals surface area contributed by atoms with Crippen LogP contribution in [0.2, 0.25) is 0 Å². The Bertz CT molecular complexity index is 1580. The predicted octanol–water partition coefficient (Wildman–Crippen LogP) is 2.84. The van der Waals surface area contributed by atoms with Gasteiger partial charge in [-0.15, -0.1) is 0 Å². The lowest BCUT2D eigenvalue weighted by atomic mass is 9.95. The Hall–Kier alpha value is -3.78. The smallest absolute Gasteiger partial charge is 0.338 e. The minimum atomic E-state index is -0.700. The molecule has 1 amide bonds.